The van der Waals surface area contributed by atoms with Crippen LogP contribution >= 0.6 is 0 Å². The number of hydrogen-bond acceptors (Lipinski definition) is 5. The van der Waals surface area contributed by atoms with Crippen molar-refractivity contribution in [3.8, 4) is 0 Å². The summed E-state index contributed by atoms with van der Waals surface area (Å²) in [5.41, 5.74) is 6.47. The lowest BCUT2D eigenvalue weighted by atomic mass is 10.1. The molecule has 2 aromatic rings. The molecule has 2 heterocycles. The fourth-order valence-electron chi connectivity index (χ4n) is 3.57. The number of anilines is 1. The van der Waals surface area contributed by atoms with Gasteiger partial charge in [0.25, 0.3) is 5.91 Å². The van der Waals surface area contributed by atoms with Crippen molar-refractivity contribution in [3.05, 3.63) is 71.1 Å². The van der Waals surface area contributed by atoms with Crippen molar-refractivity contribution in [2.75, 3.05) is 31.1 Å². The van der Waals surface area contributed by atoms with Crippen LogP contribution in [0.5, 0.6) is 0 Å². The number of para-hydroxylation sites is 1. The third-order valence-corrected chi connectivity index (χ3v) is 5.05. The zero-order chi connectivity index (χ0) is 21.5. The van der Waals surface area contributed by atoms with Crippen LogP contribution in [-0.2, 0) is 9.59 Å². The van der Waals surface area contributed by atoms with Crippen LogP contribution in [0, 0.1) is 13.8 Å². The molecule has 156 valence electrons. The van der Waals surface area contributed by atoms with E-state index in [0.29, 0.717) is 24.5 Å². The summed E-state index contributed by atoms with van der Waals surface area (Å²) in [6, 6.07) is 11.6. The van der Waals surface area contributed by atoms with Crippen LogP contribution in [0.4, 0.5) is 5.69 Å². The van der Waals surface area contributed by atoms with Gasteiger partial charge in [-0.1, -0.05) is 24.3 Å². The Bertz CT molecular complexity index is 956. The van der Waals surface area contributed by atoms with Crippen molar-refractivity contribution >= 4 is 29.7 Å². The van der Waals surface area contributed by atoms with E-state index >= 15 is 0 Å². The lowest BCUT2D eigenvalue weighted by molar-refractivity contribution is -0.126. The average Bonchev–Trinajstić information content (AvgIpc) is 2.76. The van der Waals surface area contributed by atoms with Gasteiger partial charge in [0.1, 0.15) is 0 Å². The first-order valence-electron chi connectivity index (χ1n) is 9.85. The molecule has 1 saturated heterocycles. The van der Waals surface area contributed by atoms with Gasteiger partial charge in [0.15, 0.2) is 0 Å². The van der Waals surface area contributed by atoms with Crippen LogP contribution in [0.15, 0.2) is 48.6 Å². The molecule has 2 amide bonds. The van der Waals surface area contributed by atoms with Crippen molar-refractivity contribution in [1.82, 2.24) is 15.4 Å². The van der Waals surface area contributed by atoms with Gasteiger partial charge in [-0.2, -0.15) is 0 Å². The smallest absolute Gasteiger partial charge is 0.267 e. The number of piperazine rings is 1. The Morgan fingerprint density at radius 3 is 2.10 bits per heavy atom. The molecule has 1 aromatic carbocycles. The van der Waals surface area contributed by atoms with E-state index in [2.05, 4.69) is 41.9 Å². The van der Waals surface area contributed by atoms with Gasteiger partial charge in [0, 0.05) is 44.0 Å². The Hall–Kier alpha value is -3.45. The minimum atomic E-state index is -0.632. The summed E-state index contributed by atoms with van der Waals surface area (Å²) >= 11 is 0. The molecule has 0 bridgehead atoms. The summed E-state index contributed by atoms with van der Waals surface area (Å²) in [5, 5.41) is 8.52. The number of nitrogens with zero attached hydrogens (tertiary/aromatic N) is 3. The third kappa shape index (κ3) is 5.33. The summed E-state index contributed by atoms with van der Waals surface area (Å²) in [5.74, 6) is -0.675. The third-order valence-electron chi connectivity index (χ3n) is 5.05. The minimum Gasteiger partial charge on any atom is -0.368 e. The van der Waals surface area contributed by atoms with Crippen LogP contribution in [0.2, 0.25) is 0 Å². The number of aryl methyl sites for hydroxylation is 2. The topological polar surface area (TPSA) is 85.8 Å². The van der Waals surface area contributed by atoms with Gasteiger partial charge < -0.3 is 9.80 Å². The Kier molecular flexibility index (Phi) is 6.98. The van der Waals surface area contributed by atoms with E-state index in [-0.39, 0.29) is 5.91 Å². The molecule has 2 N–H and O–H groups in total. The van der Waals surface area contributed by atoms with Gasteiger partial charge in [-0.05, 0) is 49.3 Å². The normalized spacial score (nSPS) is 14.5. The van der Waals surface area contributed by atoms with Crippen molar-refractivity contribution in [2.24, 2.45) is 0 Å². The largest absolute Gasteiger partial charge is 0.368 e. The highest BCUT2D eigenvalue weighted by Crippen LogP contribution is 2.25. The number of aromatic nitrogens is 1. The quantitative estimate of drug-likeness (QED) is 0.453. The first kappa shape index (κ1) is 21.3. The summed E-state index contributed by atoms with van der Waals surface area (Å²) in [7, 11) is 0. The number of amides is 2. The summed E-state index contributed by atoms with van der Waals surface area (Å²) in [6.07, 6.45) is 5.86. The van der Waals surface area contributed by atoms with Crippen LogP contribution < -0.4 is 10.4 Å². The van der Waals surface area contributed by atoms with E-state index in [9.17, 15) is 9.59 Å². The van der Waals surface area contributed by atoms with Crippen molar-refractivity contribution in [3.63, 3.8) is 0 Å². The molecule has 30 heavy (non-hydrogen) atoms. The van der Waals surface area contributed by atoms with E-state index in [1.165, 1.54) is 40.5 Å². The maximum atomic E-state index is 12.6. The van der Waals surface area contributed by atoms with Gasteiger partial charge in [-0.3, -0.25) is 14.8 Å². The average molecular weight is 406 g/mol. The van der Waals surface area contributed by atoms with Crippen LogP contribution in [0.1, 0.15) is 22.5 Å². The molecule has 0 unspecified atom stereocenters. The Morgan fingerprint density at radius 1 is 0.933 bits per heavy atom. The fourth-order valence-corrected chi connectivity index (χ4v) is 3.57. The molecule has 1 aliphatic heterocycles. The highest BCUT2D eigenvalue weighted by atomic mass is 16.5. The molecular formula is C23H26N4O3. The highest BCUT2D eigenvalue weighted by molar-refractivity contribution is 5.92. The van der Waals surface area contributed by atoms with Crippen LogP contribution in [-0.4, -0.2) is 53.1 Å². The fraction of sp³-hybridized carbons (Fsp3) is 0.261. The number of pyridine rings is 1. The number of carbonyl (C=O) groups excluding carboxylic acids is 2. The molecule has 7 nitrogen and oxygen atoms in total. The number of rotatable bonds is 5. The number of nitrogens with one attached hydrogen (secondary N) is 1. The molecule has 0 radical (unpaired) electrons. The van der Waals surface area contributed by atoms with Crippen molar-refractivity contribution in [2.45, 2.75) is 13.8 Å². The Labute approximate surface area is 176 Å². The minimum absolute atomic E-state index is 0.0430. The van der Waals surface area contributed by atoms with Gasteiger partial charge >= 0.3 is 0 Å². The van der Waals surface area contributed by atoms with Crippen LogP contribution in [0.25, 0.3) is 12.2 Å². The number of benzene rings is 1. The van der Waals surface area contributed by atoms with Gasteiger partial charge in [0.2, 0.25) is 5.91 Å². The molecule has 1 aromatic heterocycles. The maximum Gasteiger partial charge on any atom is 0.267 e. The van der Waals surface area contributed by atoms with E-state index < -0.39 is 5.91 Å². The molecule has 0 saturated carbocycles. The molecule has 1 fully saturated rings. The van der Waals surface area contributed by atoms with Crippen molar-refractivity contribution < 1.29 is 14.8 Å². The summed E-state index contributed by atoms with van der Waals surface area (Å²) in [6.45, 7) is 7.19. The van der Waals surface area contributed by atoms with Gasteiger partial charge in [-0.25, -0.2) is 10.5 Å². The second-order valence-electron chi connectivity index (χ2n) is 7.18. The first-order valence-corrected chi connectivity index (χ1v) is 9.85. The summed E-state index contributed by atoms with van der Waals surface area (Å²) < 4.78 is 0. The van der Waals surface area contributed by atoms with E-state index in [1.54, 1.807) is 24.3 Å². The Morgan fingerprint density at radius 2 is 1.50 bits per heavy atom. The lowest BCUT2D eigenvalue weighted by Crippen LogP contribution is -2.48. The first-order chi connectivity index (χ1) is 14.5. The van der Waals surface area contributed by atoms with Crippen LogP contribution in [0.3, 0.4) is 0 Å². The van der Waals surface area contributed by atoms with E-state index in [0.717, 1.165) is 13.1 Å². The lowest BCUT2D eigenvalue weighted by Gasteiger charge is -2.37. The molecule has 7 heteroatoms. The highest BCUT2D eigenvalue weighted by Gasteiger charge is 2.21. The predicted octanol–water partition coefficient (Wildman–Crippen LogP) is 2.58. The standard InChI is InChI=1S/C23H26N4O3/c1-17-5-3-6-18(2)23(17)27-15-13-26(14-16-27)22(29)12-10-20-8-4-7-19(24-20)9-11-21(28)25-30/h3-12,30H,13-16H2,1-2H3,(H,25,28)/b11-9+,12-10+. The SMILES string of the molecule is Cc1cccc(C)c1N1CCN(C(=O)/C=C/c2cccc(/C=C/C(=O)NO)n2)CC1. The zero-order valence-corrected chi connectivity index (χ0v) is 17.2. The van der Waals surface area contributed by atoms with E-state index in [1.807, 2.05) is 4.90 Å². The second-order valence-corrected chi connectivity index (χ2v) is 7.18. The zero-order valence-electron chi connectivity index (χ0n) is 17.2. The van der Waals surface area contributed by atoms with Crippen molar-refractivity contribution in [1.29, 1.82) is 0 Å². The molecule has 0 aliphatic carbocycles. The summed E-state index contributed by atoms with van der Waals surface area (Å²) in [4.78, 5) is 32.2. The molecular weight excluding hydrogens is 380 g/mol. The molecule has 0 atom stereocenters. The number of hydroxylamine groups is 1. The molecule has 1 aliphatic rings. The Balaban J connectivity index is 1.59. The monoisotopic (exact) mass is 406 g/mol. The number of hydrogen-bond donors (Lipinski definition) is 2. The van der Waals surface area contributed by atoms with Gasteiger partial charge in [0.05, 0.1) is 11.4 Å². The maximum absolute atomic E-state index is 12.6. The molecule has 3 rings (SSSR count). The number of carbonyl (C=O) groups is 2. The second kappa shape index (κ2) is 9.84. The van der Waals surface area contributed by atoms with Gasteiger partial charge in [-0.15, -0.1) is 0 Å². The van der Waals surface area contributed by atoms with E-state index in [4.69, 9.17) is 5.21 Å². The predicted molar refractivity (Wildman–Crippen MR) is 117 cm³/mol. The molecule has 0 spiro atoms.